The van der Waals surface area contributed by atoms with Crippen molar-refractivity contribution >= 4 is 11.9 Å². The summed E-state index contributed by atoms with van der Waals surface area (Å²) in [6.07, 6.45) is 6.47. The summed E-state index contributed by atoms with van der Waals surface area (Å²) in [5.74, 6) is 0.229. The van der Waals surface area contributed by atoms with Gasteiger partial charge < -0.3 is 10.1 Å². The number of amides is 3. The number of hydrazine groups is 1. The van der Waals surface area contributed by atoms with Crippen LogP contribution in [0.5, 0.6) is 5.75 Å². The molecule has 0 aliphatic heterocycles. The number of benzene rings is 1. The summed E-state index contributed by atoms with van der Waals surface area (Å²) in [5.41, 5.74) is 5.90. The van der Waals surface area contributed by atoms with E-state index in [-0.39, 0.29) is 18.7 Å². The molecule has 2 rings (SSSR count). The van der Waals surface area contributed by atoms with Crippen LogP contribution in [-0.2, 0) is 11.2 Å². The second-order valence-corrected chi connectivity index (χ2v) is 5.77. The lowest BCUT2D eigenvalue weighted by molar-refractivity contribution is -0.123. The summed E-state index contributed by atoms with van der Waals surface area (Å²) in [5, 5.41) is 2.86. The van der Waals surface area contributed by atoms with Crippen molar-refractivity contribution in [2.75, 3.05) is 6.61 Å². The van der Waals surface area contributed by atoms with E-state index in [0.29, 0.717) is 5.75 Å². The lowest BCUT2D eigenvalue weighted by atomic mass is 9.96. The maximum absolute atomic E-state index is 11.7. The van der Waals surface area contributed by atoms with E-state index < -0.39 is 5.91 Å². The van der Waals surface area contributed by atoms with Crippen LogP contribution in [0.15, 0.2) is 24.3 Å². The fourth-order valence-corrected chi connectivity index (χ4v) is 2.60. The number of urea groups is 1. The SMILES string of the molecule is CCc1ccc(OCC(=O)NNC(=O)NC2CCCCC2)cc1. The Balaban J connectivity index is 1.62. The van der Waals surface area contributed by atoms with Gasteiger partial charge in [-0.15, -0.1) is 0 Å². The highest BCUT2D eigenvalue weighted by atomic mass is 16.5. The number of hydrogen-bond donors (Lipinski definition) is 3. The molecule has 0 unspecified atom stereocenters. The van der Waals surface area contributed by atoms with Crippen molar-refractivity contribution in [3.63, 3.8) is 0 Å². The maximum atomic E-state index is 11.7. The molecule has 3 amide bonds. The summed E-state index contributed by atoms with van der Waals surface area (Å²) in [4.78, 5) is 23.3. The van der Waals surface area contributed by atoms with Gasteiger partial charge in [-0.25, -0.2) is 10.2 Å². The highest BCUT2D eigenvalue weighted by Gasteiger charge is 2.15. The number of ether oxygens (including phenoxy) is 1. The normalized spacial score (nSPS) is 14.8. The summed E-state index contributed by atoms with van der Waals surface area (Å²) < 4.78 is 5.37. The van der Waals surface area contributed by atoms with Crippen molar-refractivity contribution in [3.05, 3.63) is 29.8 Å². The Morgan fingerprint density at radius 2 is 1.78 bits per heavy atom. The van der Waals surface area contributed by atoms with Crippen molar-refractivity contribution in [2.24, 2.45) is 0 Å². The molecule has 0 aromatic heterocycles. The van der Waals surface area contributed by atoms with Crippen LogP contribution in [0.25, 0.3) is 0 Å². The van der Waals surface area contributed by atoms with Crippen LogP contribution in [0, 0.1) is 0 Å². The van der Waals surface area contributed by atoms with Gasteiger partial charge in [-0.3, -0.25) is 10.2 Å². The van der Waals surface area contributed by atoms with E-state index >= 15 is 0 Å². The zero-order valence-electron chi connectivity index (χ0n) is 13.6. The molecule has 0 heterocycles. The second kappa shape index (κ2) is 9.02. The van der Waals surface area contributed by atoms with Crippen molar-refractivity contribution in [3.8, 4) is 5.75 Å². The minimum atomic E-state index is -0.400. The minimum Gasteiger partial charge on any atom is -0.484 e. The lowest BCUT2D eigenvalue weighted by Gasteiger charge is -2.22. The summed E-state index contributed by atoms with van der Waals surface area (Å²) in [6.45, 7) is 1.93. The fraction of sp³-hybridized carbons (Fsp3) is 0.529. The van der Waals surface area contributed by atoms with E-state index in [9.17, 15) is 9.59 Å². The number of nitrogens with one attached hydrogen (secondary N) is 3. The average Bonchev–Trinajstić information content (AvgIpc) is 2.59. The number of hydrogen-bond acceptors (Lipinski definition) is 3. The molecule has 6 heteroatoms. The Morgan fingerprint density at radius 3 is 2.43 bits per heavy atom. The van der Waals surface area contributed by atoms with Crippen LogP contribution in [0.4, 0.5) is 4.79 Å². The predicted molar refractivity (Wildman–Crippen MR) is 88.0 cm³/mol. The molecule has 126 valence electrons. The van der Waals surface area contributed by atoms with Crippen LogP contribution < -0.4 is 20.9 Å². The number of rotatable bonds is 5. The summed E-state index contributed by atoms with van der Waals surface area (Å²) in [7, 11) is 0. The third-order valence-corrected chi connectivity index (χ3v) is 3.96. The molecule has 1 aromatic rings. The molecule has 0 radical (unpaired) electrons. The number of carbonyl (C=O) groups is 2. The van der Waals surface area contributed by atoms with Gasteiger partial charge in [0.1, 0.15) is 5.75 Å². The van der Waals surface area contributed by atoms with Gasteiger partial charge in [0.25, 0.3) is 5.91 Å². The Hall–Kier alpha value is -2.24. The van der Waals surface area contributed by atoms with Gasteiger partial charge >= 0.3 is 6.03 Å². The molecular weight excluding hydrogens is 294 g/mol. The van der Waals surface area contributed by atoms with Crippen molar-refractivity contribution in [2.45, 2.75) is 51.5 Å². The zero-order valence-corrected chi connectivity index (χ0v) is 13.6. The minimum absolute atomic E-state index is 0.144. The van der Waals surface area contributed by atoms with Crippen LogP contribution in [0.2, 0.25) is 0 Å². The van der Waals surface area contributed by atoms with Crippen LogP contribution in [0.3, 0.4) is 0 Å². The maximum Gasteiger partial charge on any atom is 0.333 e. The molecule has 23 heavy (non-hydrogen) atoms. The molecule has 1 aromatic carbocycles. The Morgan fingerprint density at radius 1 is 1.09 bits per heavy atom. The molecule has 1 fully saturated rings. The molecule has 0 saturated heterocycles. The molecule has 1 saturated carbocycles. The first-order valence-corrected chi connectivity index (χ1v) is 8.24. The smallest absolute Gasteiger partial charge is 0.333 e. The Labute approximate surface area is 136 Å². The quantitative estimate of drug-likeness (QED) is 0.729. The van der Waals surface area contributed by atoms with E-state index in [4.69, 9.17) is 4.74 Å². The third kappa shape index (κ3) is 6.18. The van der Waals surface area contributed by atoms with E-state index in [1.165, 1.54) is 12.0 Å². The van der Waals surface area contributed by atoms with E-state index in [0.717, 1.165) is 32.1 Å². The highest BCUT2D eigenvalue weighted by Crippen LogP contribution is 2.17. The van der Waals surface area contributed by atoms with Crippen LogP contribution in [-0.4, -0.2) is 24.6 Å². The molecule has 6 nitrogen and oxygen atoms in total. The Bertz CT molecular complexity index is 510. The van der Waals surface area contributed by atoms with Gasteiger partial charge in [0.05, 0.1) is 0 Å². The molecule has 0 bridgehead atoms. The molecule has 3 N–H and O–H groups in total. The number of aryl methyl sites for hydroxylation is 1. The third-order valence-electron chi connectivity index (χ3n) is 3.96. The van der Waals surface area contributed by atoms with Gasteiger partial charge in [-0.1, -0.05) is 38.3 Å². The molecule has 0 atom stereocenters. The van der Waals surface area contributed by atoms with Crippen molar-refractivity contribution < 1.29 is 14.3 Å². The van der Waals surface area contributed by atoms with Crippen LogP contribution in [0.1, 0.15) is 44.6 Å². The van der Waals surface area contributed by atoms with Gasteiger partial charge in [-0.2, -0.15) is 0 Å². The van der Waals surface area contributed by atoms with E-state index in [1.54, 1.807) is 0 Å². The monoisotopic (exact) mass is 319 g/mol. The highest BCUT2D eigenvalue weighted by molar-refractivity contribution is 5.82. The molecule has 0 spiro atoms. The Kier molecular flexibility index (Phi) is 6.72. The van der Waals surface area contributed by atoms with E-state index in [2.05, 4.69) is 23.1 Å². The molecule has 1 aliphatic carbocycles. The zero-order chi connectivity index (χ0) is 16.5. The standard InChI is InChI=1S/C17H25N3O3/c1-2-13-8-10-15(11-9-13)23-12-16(21)19-20-17(22)18-14-6-4-3-5-7-14/h8-11,14H,2-7,12H2,1H3,(H,19,21)(H2,18,20,22). The average molecular weight is 319 g/mol. The van der Waals surface area contributed by atoms with Crippen molar-refractivity contribution in [1.29, 1.82) is 0 Å². The predicted octanol–water partition coefficient (Wildman–Crippen LogP) is 2.29. The second-order valence-electron chi connectivity index (χ2n) is 5.77. The van der Waals surface area contributed by atoms with Gasteiger partial charge in [-0.05, 0) is 37.0 Å². The van der Waals surface area contributed by atoms with Crippen molar-refractivity contribution in [1.82, 2.24) is 16.2 Å². The summed E-state index contributed by atoms with van der Waals surface area (Å²) >= 11 is 0. The first-order chi connectivity index (χ1) is 11.2. The van der Waals surface area contributed by atoms with Gasteiger partial charge in [0, 0.05) is 6.04 Å². The summed E-state index contributed by atoms with van der Waals surface area (Å²) in [6, 6.07) is 7.41. The lowest BCUT2D eigenvalue weighted by Crippen LogP contribution is -2.51. The molecule has 1 aliphatic rings. The molecular formula is C17H25N3O3. The first-order valence-electron chi connectivity index (χ1n) is 8.24. The van der Waals surface area contributed by atoms with Gasteiger partial charge in [0.2, 0.25) is 0 Å². The van der Waals surface area contributed by atoms with Gasteiger partial charge in [0.15, 0.2) is 6.61 Å². The topological polar surface area (TPSA) is 79.5 Å². The van der Waals surface area contributed by atoms with Crippen LogP contribution >= 0.6 is 0 Å². The number of carbonyl (C=O) groups excluding carboxylic acids is 2. The largest absolute Gasteiger partial charge is 0.484 e. The fourth-order valence-electron chi connectivity index (χ4n) is 2.60. The first kappa shape index (κ1) is 17.1. The van der Waals surface area contributed by atoms with E-state index in [1.807, 2.05) is 24.3 Å².